The summed E-state index contributed by atoms with van der Waals surface area (Å²) in [6, 6.07) is 9.42. The van der Waals surface area contributed by atoms with E-state index in [-0.39, 0.29) is 23.9 Å². The molecule has 0 aliphatic carbocycles. The molecule has 0 radical (unpaired) electrons. The average molecular weight is 326 g/mol. The molecule has 1 saturated heterocycles. The Morgan fingerprint density at radius 1 is 1.33 bits per heavy atom. The number of carbonyl (C=O) groups is 1. The van der Waals surface area contributed by atoms with E-state index in [4.69, 9.17) is 5.73 Å². The first-order chi connectivity index (χ1) is 11.5. The van der Waals surface area contributed by atoms with Crippen LogP contribution in [0.5, 0.6) is 0 Å². The second-order valence-corrected chi connectivity index (χ2v) is 6.14. The van der Waals surface area contributed by atoms with Crippen LogP contribution in [-0.4, -0.2) is 42.0 Å². The van der Waals surface area contributed by atoms with E-state index >= 15 is 0 Å². The topological polar surface area (TPSA) is 70.4 Å². The smallest absolute Gasteiger partial charge is 0.240 e. The first-order valence-corrected chi connectivity index (χ1v) is 8.24. The minimum absolute atomic E-state index is 0.0342. The zero-order valence-corrected chi connectivity index (χ0v) is 14.3. The van der Waals surface area contributed by atoms with Gasteiger partial charge in [0.1, 0.15) is 0 Å². The van der Waals surface area contributed by atoms with Crippen molar-refractivity contribution in [2.45, 2.75) is 32.0 Å². The molecule has 3 unspecified atom stereocenters. The Morgan fingerprint density at radius 3 is 2.54 bits per heavy atom. The van der Waals surface area contributed by atoms with Crippen LogP contribution in [0.2, 0.25) is 0 Å². The van der Waals surface area contributed by atoms with Crippen molar-refractivity contribution in [2.75, 3.05) is 13.1 Å². The van der Waals surface area contributed by atoms with Gasteiger partial charge in [0.2, 0.25) is 5.91 Å². The monoisotopic (exact) mass is 326 g/mol. The van der Waals surface area contributed by atoms with Gasteiger partial charge in [-0.05, 0) is 26.0 Å². The summed E-state index contributed by atoms with van der Waals surface area (Å²) >= 11 is 0. The van der Waals surface area contributed by atoms with Crippen LogP contribution in [-0.2, 0) is 4.79 Å². The van der Waals surface area contributed by atoms with Gasteiger partial charge in [0.05, 0.1) is 12.6 Å². The standard InChI is InChI=1S/C19H26N4O/c1-4-12-23(13-8-11-16-9-6-5-7-10-16)19(24)18(20)17-14(2)21-22-15(17)3/h4-7,9-10,14-15,17-18,21-22H,1,12-13,20H2,2-3H3. The molecule has 1 fully saturated rings. The summed E-state index contributed by atoms with van der Waals surface area (Å²) in [5.41, 5.74) is 13.5. The molecule has 1 heterocycles. The molecule has 0 spiro atoms. The zero-order chi connectivity index (χ0) is 17.5. The highest BCUT2D eigenvalue weighted by Gasteiger charge is 2.39. The number of amides is 1. The van der Waals surface area contributed by atoms with Gasteiger partial charge in [0.15, 0.2) is 0 Å². The molecule has 4 N–H and O–H groups in total. The first-order valence-electron chi connectivity index (χ1n) is 8.24. The summed E-state index contributed by atoms with van der Waals surface area (Å²) < 4.78 is 0. The molecule has 24 heavy (non-hydrogen) atoms. The Balaban J connectivity index is 2.05. The van der Waals surface area contributed by atoms with Crippen LogP contribution in [0, 0.1) is 17.8 Å². The summed E-state index contributed by atoms with van der Waals surface area (Å²) in [5, 5.41) is 0. The van der Waals surface area contributed by atoms with E-state index in [2.05, 4.69) is 29.3 Å². The first kappa shape index (κ1) is 18.2. The van der Waals surface area contributed by atoms with Crippen molar-refractivity contribution in [3.05, 3.63) is 48.6 Å². The summed E-state index contributed by atoms with van der Waals surface area (Å²) in [6.07, 6.45) is 1.70. The van der Waals surface area contributed by atoms with Crippen LogP contribution in [0.4, 0.5) is 0 Å². The van der Waals surface area contributed by atoms with Crippen molar-refractivity contribution in [1.82, 2.24) is 15.8 Å². The summed E-state index contributed by atoms with van der Waals surface area (Å²) in [4.78, 5) is 14.4. The van der Waals surface area contributed by atoms with Crippen LogP contribution in [0.1, 0.15) is 19.4 Å². The molecule has 2 rings (SSSR count). The Hall–Kier alpha value is -2.13. The Bertz CT molecular complexity index is 609. The average Bonchev–Trinajstić information content (AvgIpc) is 2.92. The van der Waals surface area contributed by atoms with E-state index in [1.807, 2.05) is 44.2 Å². The lowest BCUT2D eigenvalue weighted by molar-refractivity contribution is -0.132. The number of hydrogen-bond acceptors (Lipinski definition) is 4. The highest BCUT2D eigenvalue weighted by atomic mass is 16.2. The van der Waals surface area contributed by atoms with Crippen LogP contribution in [0.3, 0.4) is 0 Å². The number of nitrogens with one attached hydrogen (secondary N) is 2. The maximum Gasteiger partial charge on any atom is 0.240 e. The fourth-order valence-corrected chi connectivity index (χ4v) is 3.03. The van der Waals surface area contributed by atoms with E-state index in [0.717, 1.165) is 5.56 Å². The third-order valence-electron chi connectivity index (χ3n) is 4.33. The van der Waals surface area contributed by atoms with Crippen LogP contribution >= 0.6 is 0 Å². The molecule has 0 saturated carbocycles. The number of carbonyl (C=O) groups excluding carboxylic acids is 1. The fraction of sp³-hybridized carbons (Fsp3) is 0.421. The molecule has 3 atom stereocenters. The number of hydrazine groups is 1. The van der Waals surface area contributed by atoms with Gasteiger partial charge in [0.25, 0.3) is 0 Å². The lowest BCUT2D eigenvalue weighted by Crippen LogP contribution is -2.52. The van der Waals surface area contributed by atoms with Crippen LogP contribution in [0.25, 0.3) is 0 Å². The van der Waals surface area contributed by atoms with Gasteiger partial charge >= 0.3 is 0 Å². The van der Waals surface area contributed by atoms with Gasteiger partial charge in [-0.1, -0.05) is 36.1 Å². The lowest BCUT2D eigenvalue weighted by atomic mass is 9.88. The molecule has 5 nitrogen and oxygen atoms in total. The van der Waals surface area contributed by atoms with Crippen molar-refractivity contribution in [1.29, 1.82) is 0 Å². The molecule has 0 aromatic heterocycles. The minimum Gasteiger partial charge on any atom is -0.326 e. The second-order valence-electron chi connectivity index (χ2n) is 6.14. The van der Waals surface area contributed by atoms with E-state index in [1.54, 1.807) is 11.0 Å². The summed E-state index contributed by atoms with van der Waals surface area (Å²) in [5.74, 6) is 6.07. The minimum atomic E-state index is -0.573. The van der Waals surface area contributed by atoms with Gasteiger partial charge in [-0.3, -0.25) is 15.6 Å². The van der Waals surface area contributed by atoms with Gasteiger partial charge in [-0.25, -0.2) is 0 Å². The molecule has 1 aliphatic heterocycles. The largest absolute Gasteiger partial charge is 0.326 e. The Morgan fingerprint density at radius 2 is 1.96 bits per heavy atom. The molecule has 5 heteroatoms. The Kier molecular flexibility index (Phi) is 6.56. The predicted octanol–water partition coefficient (Wildman–Crippen LogP) is 0.881. The van der Waals surface area contributed by atoms with Crippen molar-refractivity contribution in [2.24, 2.45) is 11.7 Å². The van der Waals surface area contributed by atoms with Gasteiger partial charge in [-0.2, -0.15) is 0 Å². The van der Waals surface area contributed by atoms with Crippen LogP contribution < -0.4 is 16.6 Å². The molecule has 1 amide bonds. The van der Waals surface area contributed by atoms with Gasteiger partial charge in [-0.15, -0.1) is 6.58 Å². The second kappa shape index (κ2) is 8.65. The maximum absolute atomic E-state index is 12.8. The third-order valence-corrected chi connectivity index (χ3v) is 4.33. The molecule has 1 aliphatic rings. The van der Waals surface area contributed by atoms with E-state index in [9.17, 15) is 4.79 Å². The maximum atomic E-state index is 12.8. The zero-order valence-electron chi connectivity index (χ0n) is 14.3. The van der Waals surface area contributed by atoms with Crippen molar-refractivity contribution < 1.29 is 4.79 Å². The quantitative estimate of drug-likeness (QED) is 0.555. The molecule has 1 aromatic carbocycles. The number of nitrogens with two attached hydrogens (primary N) is 1. The highest BCUT2D eigenvalue weighted by Crippen LogP contribution is 2.19. The number of benzene rings is 1. The normalized spacial score (nSPS) is 23.9. The summed E-state index contributed by atoms with van der Waals surface area (Å²) in [6.45, 7) is 8.56. The van der Waals surface area contributed by atoms with E-state index in [1.165, 1.54) is 0 Å². The van der Waals surface area contributed by atoms with Crippen molar-refractivity contribution >= 4 is 5.91 Å². The van der Waals surface area contributed by atoms with Crippen molar-refractivity contribution in [3.8, 4) is 11.8 Å². The predicted molar refractivity (Wildman–Crippen MR) is 96.8 cm³/mol. The molecular formula is C19H26N4O. The molecule has 0 bridgehead atoms. The van der Waals surface area contributed by atoms with Gasteiger partial charge in [0, 0.05) is 30.1 Å². The third kappa shape index (κ3) is 4.45. The van der Waals surface area contributed by atoms with Gasteiger partial charge < -0.3 is 10.6 Å². The number of hydrogen-bond donors (Lipinski definition) is 3. The highest BCUT2D eigenvalue weighted by molar-refractivity contribution is 5.82. The van der Waals surface area contributed by atoms with Crippen molar-refractivity contribution in [3.63, 3.8) is 0 Å². The molecule has 1 aromatic rings. The Labute approximate surface area is 144 Å². The fourth-order valence-electron chi connectivity index (χ4n) is 3.03. The molecular weight excluding hydrogens is 300 g/mol. The summed E-state index contributed by atoms with van der Waals surface area (Å²) in [7, 11) is 0. The van der Waals surface area contributed by atoms with Crippen LogP contribution in [0.15, 0.2) is 43.0 Å². The number of rotatable bonds is 5. The lowest BCUT2D eigenvalue weighted by Gasteiger charge is -2.29. The van der Waals surface area contributed by atoms with E-state index in [0.29, 0.717) is 13.1 Å². The molecule has 128 valence electrons. The number of nitrogens with zero attached hydrogens (tertiary/aromatic N) is 1. The van der Waals surface area contributed by atoms with E-state index < -0.39 is 6.04 Å². The SMILES string of the molecule is C=CCN(CC#Cc1ccccc1)C(=O)C(N)C1C(C)NNC1C.